The van der Waals surface area contributed by atoms with Crippen LogP contribution in [0.2, 0.25) is 5.15 Å². The number of fused-ring (bicyclic) bond motifs is 1. The van der Waals surface area contributed by atoms with Crippen LogP contribution in [0.15, 0.2) is 29.2 Å². The van der Waals surface area contributed by atoms with Crippen molar-refractivity contribution in [3.63, 3.8) is 0 Å². The predicted octanol–water partition coefficient (Wildman–Crippen LogP) is 6.50. The normalized spacial score (nSPS) is 22.1. The van der Waals surface area contributed by atoms with Crippen molar-refractivity contribution in [2.75, 3.05) is 18.2 Å². The van der Waals surface area contributed by atoms with Crippen molar-refractivity contribution in [3.05, 3.63) is 40.8 Å². The summed E-state index contributed by atoms with van der Waals surface area (Å²) in [5.41, 5.74) is 1.31. The van der Waals surface area contributed by atoms with Crippen LogP contribution in [0.3, 0.4) is 0 Å². The van der Waals surface area contributed by atoms with Gasteiger partial charge in [-0.2, -0.15) is 0 Å². The maximum absolute atomic E-state index is 14.0. The average molecular weight is 555 g/mol. The van der Waals surface area contributed by atoms with Crippen molar-refractivity contribution < 1.29 is 26.7 Å². The van der Waals surface area contributed by atoms with Gasteiger partial charge in [-0.05, 0) is 63.6 Å². The number of aromatic nitrogens is 3. The van der Waals surface area contributed by atoms with E-state index >= 15 is 0 Å². The summed E-state index contributed by atoms with van der Waals surface area (Å²) in [7, 11) is -3.66. The van der Waals surface area contributed by atoms with Crippen LogP contribution in [-0.4, -0.2) is 41.4 Å². The molecule has 2 aliphatic heterocycles. The van der Waals surface area contributed by atoms with Gasteiger partial charge in [0.2, 0.25) is 0 Å². The van der Waals surface area contributed by atoms with E-state index in [0.717, 1.165) is 37.5 Å². The van der Waals surface area contributed by atoms with Crippen LogP contribution in [0.5, 0.6) is 0 Å². The van der Waals surface area contributed by atoms with E-state index in [1.165, 1.54) is 10.6 Å². The van der Waals surface area contributed by atoms with Gasteiger partial charge in [0.15, 0.2) is 21.3 Å². The highest BCUT2D eigenvalue weighted by atomic mass is 35.5. The number of ether oxygens (including phenoxy) is 2. The molecule has 2 saturated heterocycles. The molecule has 0 amide bonds. The molecule has 2 atom stereocenters. The molecule has 200 valence electrons. The maximum Gasteiger partial charge on any atom is 0.295 e. The minimum absolute atomic E-state index is 0.0480. The number of imidazole rings is 1. The van der Waals surface area contributed by atoms with Crippen molar-refractivity contribution in [1.82, 2.24) is 14.5 Å². The average Bonchev–Trinajstić information content (AvgIpc) is 3.39. The number of nitrogens with one attached hydrogen (secondary N) is 1. The van der Waals surface area contributed by atoms with Gasteiger partial charge in [0.1, 0.15) is 16.9 Å². The smallest absolute Gasteiger partial charge is 0.295 e. The van der Waals surface area contributed by atoms with Gasteiger partial charge in [0.25, 0.3) is 6.43 Å². The van der Waals surface area contributed by atoms with Gasteiger partial charge in [-0.3, -0.25) is 4.57 Å². The first kappa shape index (κ1) is 26.3. The Morgan fingerprint density at radius 3 is 2.57 bits per heavy atom. The number of pyridine rings is 1. The summed E-state index contributed by atoms with van der Waals surface area (Å²) in [6.45, 7) is 4.46. The summed E-state index contributed by atoms with van der Waals surface area (Å²) < 4.78 is 66.8. The monoisotopic (exact) mass is 554 g/mol. The fourth-order valence-corrected chi connectivity index (χ4v) is 6.08. The summed E-state index contributed by atoms with van der Waals surface area (Å²) in [5.74, 6) is -0.473. The number of nitrogens with zero attached hydrogens (tertiary/aromatic N) is 3. The van der Waals surface area contributed by atoms with E-state index < -0.39 is 28.3 Å². The highest BCUT2D eigenvalue weighted by molar-refractivity contribution is 7.90. The Bertz CT molecular complexity index is 1440. The van der Waals surface area contributed by atoms with Crippen LogP contribution in [0.4, 0.5) is 20.2 Å². The third-order valence-corrected chi connectivity index (χ3v) is 8.13. The zero-order valence-electron chi connectivity index (χ0n) is 20.8. The lowest BCUT2D eigenvalue weighted by atomic mass is 10.0. The molecule has 5 rings (SSSR count). The second-order valence-corrected chi connectivity index (χ2v) is 12.6. The fourth-order valence-electron chi connectivity index (χ4n) is 5.02. The second-order valence-electron chi connectivity index (χ2n) is 10.2. The summed E-state index contributed by atoms with van der Waals surface area (Å²) in [6, 6.07) is 6.50. The van der Waals surface area contributed by atoms with Crippen LogP contribution < -0.4 is 5.32 Å². The number of alkyl halides is 2. The zero-order chi connectivity index (χ0) is 26.5. The minimum atomic E-state index is -3.66. The lowest BCUT2D eigenvalue weighted by Gasteiger charge is -2.25. The molecule has 8 nitrogen and oxygen atoms in total. The van der Waals surface area contributed by atoms with Gasteiger partial charge in [-0.15, -0.1) is 0 Å². The standard InChI is InChI=1S/C25H29ClF2N4O4S/c1-25(2)10-9-17(36-25)14-7-8-15(18(12-14)37(3,33)34)29-16-13-19(26)30-23-21(16)31-24(22(27)28)32(23)20-6-4-5-11-35-20/h7-8,12-13,17,20,22H,4-6,9-11H2,1-3H3,(H,29,30). The molecule has 2 fully saturated rings. The van der Waals surface area contributed by atoms with Crippen LogP contribution in [0.25, 0.3) is 11.2 Å². The Balaban J connectivity index is 1.59. The largest absolute Gasteiger partial charge is 0.368 e. The highest BCUT2D eigenvalue weighted by Gasteiger charge is 2.33. The van der Waals surface area contributed by atoms with Crippen molar-refractivity contribution in [2.24, 2.45) is 0 Å². The molecule has 1 aromatic carbocycles. The topological polar surface area (TPSA) is 95.3 Å². The Morgan fingerprint density at radius 2 is 1.95 bits per heavy atom. The summed E-state index contributed by atoms with van der Waals surface area (Å²) in [6.07, 6.45) is 1.26. The van der Waals surface area contributed by atoms with E-state index in [-0.39, 0.29) is 44.3 Å². The third kappa shape index (κ3) is 5.32. The van der Waals surface area contributed by atoms with Crippen LogP contribution in [0.1, 0.15) is 76.1 Å². The van der Waals surface area contributed by atoms with Gasteiger partial charge in [0, 0.05) is 18.9 Å². The van der Waals surface area contributed by atoms with Gasteiger partial charge in [0.05, 0.1) is 28.0 Å². The van der Waals surface area contributed by atoms with Gasteiger partial charge in [-0.25, -0.2) is 27.2 Å². The highest BCUT2D eigenvalue weighted by Crippen LogP contribution is 2.41. The molecule has 0 bridgehead atoms. The molecule has 0 spiro atoms. The van der Waals surface area contributed by atoms with Crippen LogP contribution in [-0.2, 0) is 19.3 Å². The summed E-state index contributed by atoms with van der Waals surface area (Å²) in [4.78, 5) is 8.54. The summed E-state index contributed by atoms with van der Waals surface area (Å²) >= 11 is 6.30. The lowest BCUT2D eigenvalue weighted by Crippen LogP contribution is -2.20. The molecular formula is C25H29ClF2N4O4S. The van der Waals surface area contributed by atoms with Gasteiger partial charge >= 0.3 is 0 Å². The van der Waals surface area contributed by atoms with Crippen molar-refractivity contribution >= 4 is 44.0 Å². The molecule has 0 radical (unpaired) electrons. The minimum Gasteiger partial charge on any atom is -0.368 e. The van der Waals surface area contributed by atoms with Crippen molar-refractivity contribution in [1.29, 1.82) is 0 Å². The number of sulfone groups is 1. The Morgan fingerprint density at radius 1 is 1.16 bits per heavy atom. The Hall–Kier alpha value is -2.34. The molecule has 0 saturated carbocycles. The molecule has 4 heterocycles. The Labute approximate surface area is 219 Å². The van der Waals surface area contributed by atoms with Crippen LogP contribution >= 0.6 is 11.6 Å². The summed E-state index contributed by atoms with van der Waals surface area (Å²) in [5, 5.41) is 3.12. The second kappa shape index (κ2) is 9.76. The van der Waals surface area contributed by atoms with E-state index in [4.69, 9.17) is 21.1 Å². The van der Waals surface area contributed by atoms with Crippen molar-refractivity contribution in [3.8, 4) is 0 Å². The number of rotatable bonds is 6. The van der Waals surface area contributed by atoms with Gasteiger partial charge < -0.3 is 14.8 Å². The molecular weight excluding hydrogens is 526 g/mol. The van der Waals surface area contributed by atoms with E-state index in [0.29, 0.717) is 13.0 Å². The van der Waals surface area contributed by atoms with Crippen molar-refractivity contribution in [2.45, 2.75) is 75.2 Å². The van der Waals surface area contributed by atoms with E-state index in [2.05, 4.69) is 15.3 Å². The molecule has 37 heavy (non-hydrogen) atoms. The van der Waals surface area contributed by atoms with E-state index in [1.54, 1.807) is 12.1 Å². The van der Waals surface area contributed by atoms with E-state index in [1.807, 2.05) is 19.9 Å². The maximum atomic E-state index is 14.0. The first-order valence-electron chi connectivity index (χ1n) is 12.2. The fraction of sp³-hybridized carbons (Fsp3) is 0.520. The Kier molecular flexibility index (Phi) is 6.93. The molecule has 2 aliphatic rings. The lowest BCUT2D eigenvalue weighted by molar-refractivity contribution is -0.0363. The van der Waals surface area contributed by atoms with Gasteiger partial charge in [-0.1, -0.05) is 17.7 Å². The quantitative estimate of drug-likeness (QED) is 0.347. The molecule has 3 aromatic rings. The molecule has 1 N–H and O–H groups in total. The van der Waals surface area contributed by atoms with Crippen LogP contribution in [0, 0.1) is 0 Å². The van der Waals surface area contributed by atoms with E-state index in [9.17, 15) is 17.2 Å². The molecule has 0 aliphatic carbocycles. The SMILES string of the molecule is CC1(C)CCC(c2ccc(Nc3cc(Cl)nc4c3nc(C(F)F)n4C3CCCCO3)c(S(C)(=O)=O)c2)O1. The number of halogens is 3. The first-order chi connectivity index (χ1) is 17.4. The number of anilines is 2. The first-order valence-corrected chi connectivity index (χ1v) is 14.5. The third-order valence-electron chi connectivity index (χ3n) is 6.80. The number of benzene rings is 1. The molecule has 2 aromatic heterocycles. The zero-order valence-corrected chi connectivity index (χ0v) is 22.4. The molecule has 2 unspecified atom stereocenters. The molecule has 12 heteroatoms. The predicted molar refractivity (Wildman–Crippen MR) is 136 cm³/mol. The number of hydrogen-bond acceptors (Lipinski definition) is 7. The number of hydrogen-bond donors (Lipinski definition) is 1.